The van der Waals surface area contributed by atoms with E-state index in [-0.39, 0.29) is 5.41 Å². The third kappa shape index (κ3) is 3.97. The molecule has 0 bridgehead atoms. The van der Waals surface area contributed by atoms with Crippen LogP contribution in [0.3, 0.4) is 0 Å². The molecule has 0 atom stereocenters. The molecular weight excluding hydrogens is 639 g/mol. The van der Waals surface area contributed by atoms with E-state index in [9.17, 15) is 0 Å². The Morgan fingerprint density at radius 1 is 0.340 bits per heavy atom. The predicted octanol–water partition coefficient (Wildman–Crippen LogP) is 13.5. The van der Waals surface area contributed by atoms with Crippen LogP contribution in [0.1, 0.15) is 47.2 Å². The average molecular weight is 676 g/mol. The molecule has 0 aromatic heterocycles. The van der Waals surface area contributed by atoms with Crippen molar-refractivity contribution >= 4 is 17.1 Å². The Bertz CT molecular complexity index is 2710. The van der Waals surface area contributed by atoms with Gasteiger partial charge < -0.3 is 4.90 Å². The minimum absolute atomic E-state index is 0.118. The van der Waals surface area contributed by atoms with Crippen molar-refractivity contribution in [3.63, 3.8) is 0 Å². The van der Waals surface area contributed by atoms with Crippen LogP contribution in [0.2, 0.25) is 0 Å². The summed E-state index contributed by atoms with van der Waals surface area (Å²) in [5, 5.41) is 0. The Balaban J connectivity index is 1.24. The smallest absolute Gasteiger partial charge is 0.0726 e. The van der Waals surface area contributed by atoms with Gasteiger partial charge in [-0.05, 0) is 91.0 Å². The largest absolute Gasteiger partial charge is 0.309 e. The zero-order chi connectivity index (χ0) is 35.3. The van der Waals surface area contributed by atoms with Gasteiger partial charge in [-0.1, -0.05) is 178 Å². The molecule has 1 nitrogen and oxygen atoms in total. The van der Waals surface area contributed by atoms with Gasteiger partial charge in [0.05, 0.1) is 16.8 Å². The quantitative estimate of drug-likeness (QED) is 0.179. The molecule has 0 unspecified atom stereocenters. The highest BCUT2D eigenvalue weighted by Crippen LogP contribution is 2.64. The lowest BCUT2D eigenvalue weighted by Gasteiger charge is -2.33. The van der Waals surface area contributed by atoms with Crippen molar-refractivity contribution in [1.29, 1.82) is 0 Å². The van der Waals surface area contributed by atoms with Crippen molar-refractivity contribution in [2.45, 2.75) is 24.7 Å². The van der Waals surface area contributed by atoms with Crippen molar-refractivity contribution in [2.75, 3.05) is 4.90 Å². The number of hydrogen-bond donors (Lipinski definition) is 0. The fourth-order valence-corrected chi connectivity index (χ4v) is 10.1. The molecular formula is C52H37N. The van der Waals surface area contributed by atoms with Gasteiger partial charge in [0, 0.05) is 22.2 Å². The van der Waals surface area contributed by atoms with Gasteiger partial charge in [-0.2, -0.15) is 0 Å². The second kappa shape index (κ2) is 11.0. The second-order valence-electron chi connectivity index (χ2n) is 15.2. The molecule has 0 amide bonds. The van der Waals surface area contributed by atoms with Gasteiger partial charge in [0.25, 0.3) is 0 Å². The molecule has 8 aromatic carbocycles. The van der Waals surface area contributed by atoms with Gasteiger partial charge in [-0.3, -0.25) is 0 Å². The lowest BCUT2D eigenvalue weighted by atomic mass is 9.70. The summed E-state index contributed by atoms with van der Waals surface area (Å²) in [4.78, 5) is 2.54. The fraction of sp³-hybridized carbons (Fsp3) is 0.0769. The van der Waals surface area contributed by atoms with E-state index >= 15 is 0 Å². The third-order valence-corrected chi connectivity index (χ3v) is 12.3. The summed E-state index contributed by atoms with van der Waals surface area (Å²) in [5.74, 6) is 0. The molecule has 1 spiro atoms. The Kier molecular flexibility index (Phi) is 6.29. The van der Waals surface area contributed by atoms with Crippen molar-refractivity contribution < 1.29 is 0 Å². The summed E-state index contributed by atoms with van der Waals surface area (Å²) >= 11 is 0. The molecule has 0 saturated heterocycles. The Morgan fingerprint density at radius 3 is 1.45 bits per heavy atom. The maximum Gasteiger partial charge on any atom is 0.0726 e. The van der Waals surface area contributed by atoms with Crippen molar-refractivity contribution in [2.24, 2.45) is 0 Å². The molecule has 53 heavy (non-hydrogen) atoms. The minimum atomic E-state index is -0.424. The van der Waals surface area contributed by atoms with Crippen LogP contribution in [0.5, 0.6) is 0 Å². The normalized spacial score (nSPS) is 14.5. The number of benzene rings is 8. The molecule has 8 aromatic rings. The van der Waals surface area contributed by atoms with Crippen LogP contribution < -0.4 is 4.90 Å². The molecule has 0 heterocycles. The summed E-state index contributed by atoms with van der Waals surface area (Å²) in [7, 11) is 0. The van der Waals surface area contributed by atoms with Gasteiger partial charge in [-0.25, -0.2) is 0 Å². The van der Waals surface area contributed by atoms with Gasteiger partial charge >= 0.3 is 0 Å². The molecule has 0 N–H and O–H groups in total. The fourth-order valence-electron chi connectivity index (χ4n) is 10.1. The topological polar surface area (TPSA) is 3.24 Å². The first kappa shape index (κ1) is 30.2. The molecule has 250 valence electrons. The van der Waals surface area contributed by atoms with Crippen molar-refractivity contribution in [3.05, 3.63) is 221 Å². The number of hydrogen-bond acceptors (Lipinski definition) is 1. The molecule has 0 radical (unpaired) electrons. The van der Waals surface area contributed by atoms with Crippen LogP contribution in [-0.2, 0) is 10.8 Å². The second-order valence-corrected chi connectivity index (χ2v) is 15.2. The molecule has 0 fully saturated rings. The van der Waals surface area contributed by atoms with E-state index in [1.54, 1.807) is 0 Å². The zero-order valence-electron chi connectivity index (χ0n) is 29.8. The van der Waals surface area contributed by atoms with E-state index in [1.807, 2.05) is 0 Å². The Morgan fingerprint density at radius 2 is 0.811 bits per heavy atom. The summed E-state index contributed by atoms with van der Waals surface area (Å²) in [6.07, 6.45) is 0. The highest BCUT2D eigenvalue weighted by Gasteiger charge is 2.51. The third-order valence-electron chi connectivity index (χ3n) is 12.3. The summed E-state index contributed by atoms with van der Waals surface area (Å²) in [6, 6.07) is 70.2. The first-order valence-corrected chi connectivity index (χ1v) is 18.7. The molecule has 0 saturated carbocycles. The maximum absolute atomic E-state index is 2.54. The van der Waals surface area contributed by atoms with Crippen LogP contribution in [0.15, 0.2) is 188 Å². The van der Waals surface area contributed by atoms with E-state index in [2.05, 4.69) is 207 Å². The number of rotatable bonds is 4. The van der Waals surface area contributed by atoms with Crippen molar-refractivity contribution in [1.82, 2.24) is 0 Å². The first-order chi connectivity index (χ1) is 26.1. The van der Waals surface area contributed by atoms with Crippen LogP contribution in [0, 0.1) is 0 Å². The van der Waals surface area contributed by atoms with E-state index in [1.165, 1.54) is 83.6 Å². The number of para-hydroxylation sites is 1. The van der Waals surface area contributed by atoms with Gasteiger partial charge in [-0.15, -0.1) is 0 Å². The summed E-state index contributed by atoms with van der Waals surface area (Å²) < 4.78 is 0. The molecule has 11 rings (SSSR count). The lowest BCUT2D eigenvalue weighted by molar-refractivity contribution is 0.660. The zero-order valence-corrected chi connectivity index (χ0v) is 29.8. The van der Waals surface area contributed by atoms with E-state index in [0.717, 1.165) is 11.4 Å². The SMILES string of the molecule is CC1(C)c2ccccc2-c2c(N(c3ccc4c(c3)C3(c5ccccc5-c5ccccc53)c3ccccc3-4)c3ccccc3-c3ccccc3)cccc21. The van der Waals surface area contributed by atoms with Gasteiger partial charge in [0.15, 0.2) is 0 Å². The van der Waals surface area contributed by atoms with E-state index in [4.69, 9.17) is 0 Å². The van der Waals surface area contributed by atoms with Crippen LogP contribution >= 0.6 is 0 Å². The monoisotopic (exact) mass is 675 g/mol. The maximum atomic E-state index is 2.54. The highest BCUT2D eigenvalue weighted by atomic mass is 15.1. The van der Waals surface area contributed by atoms with E-state index in [0.29, 0.717) is 0 Å². The molecule has 3 aliphatic rings. The molecule has 3 aliphatic carbocycles. The number of nitrogens with zero attached hydrogens (tertiary/aromatic N) is 1. The van der Waals surface area contributed by atoms with E-state index < -0.39 is 5.41 Å². The predicted molar refractivity (Wildman–Crippen MR) is 220 cm³/mol. The molecule has 0 aliphatic heterocycles. The summed E-state index contributed by atoms with van der Waals surface area (Å²) in [6.45, 7) is 4.74. The average Bonchev–Trinajstić information content (AvgIpc) is 3.77. The van der Waals surface area contributed by atoms with Crippen LogP contribution in [0.25, 0.3) is 44.5 Å². The molecule has 1 heteroatoms. The lowest BCUT2D eigenvalue weighted by Crippen LogP contribution is -2.26. The Labute approximate surface area is 311 Å². The van der Waals surface area contributed by atoms with Crippen molar-refractivity contribution in [3.8, 4) is 44.5 Å². The van der Waals surface area contributed by atoms with Crippen LogP contribution in [0.4, 0.5) is 17.1 Å². The standard InChI is InChI=1S/C52H37N/c1-51(2)42-24-11-9-23-41(42)50-46(51)28-16-30-49(50)53(48-29-15-10-19-36(48)34-17-4-3-5-18-34)35-31-32-40-39-22-8-14-27-45(39)52(47(40)33-35)43-25-12-6-20-37(43)38-21-7-13-26-44(38)52/h3-33H,1-2H3. The minimum Gasteiger partial charge on any atom is -0.309 e. The number of fused-ring (bicyclic) bond motifs is 13. The summed E-state index contributed by atoms with van der Waals surface area (Å²) in [5.41, 5.74) is 21.4. The highest BCUT2D eigenvalue weighted by molar-refractivity contribution is 6.00. The van der Waals surface area contributed by atoms with Gasteiger partial charge in [0.1, 0.15) is 0 Å². The first-order valence-electron chi connectivity index (χ1n) is 18.7. The number of anilines is 3. The van der Waals surface area contributed by atoms with Crippen LogP contribution in [-0.4, -0.2) is 0 Å². The Hall–Kier alpha value is -6.44. The van der Waals surface area contributed by atoms with Gasteiger partial charge in [0.2, 0.25) is 0 Å².